The summed E-state index contributed by atoms with van der Waals surface area (Å²) < 4.78 is 0.988. The number of benzene rings is 2. The lowest BCUT2D eigenvalue weighted by Crippen LogP contribution is -2.32. The second-order valence-corrected chi connectivity index (χ2v) is 6.10. The predicted molar refractivity (Wildman–Crippen MR) is 91.8 cm³/mol. The van der Waals surface area contributed by atoms with Crippen LogP contribution in [0.5, 0.6) is 0 Å². The predicted octanol–water partition coefficient (Wildman–Crippen LogP) is 4.51. The molecule has 21 heavy (non-hydrogen) atoms. The van der Waals surface area contributed by atoms with Gasteiger partial charge < -0.3 is 10.6 Å². The van der Waals surface area contributed by atoms with Crippen LogP contribution in [-0.2, 0) is 4.79 Å². The number of hydrogen-bond acceptors (Lipinski definition) is 2. The highest BCUT2D eigenvalue weighted by Crippen LogP contribution is 2.21. The van der Waals surface area contributed by atoms with Crippen LogP contribution in [0.15, 0.2) is 46.9 Å². The molecule has 2 aromatic carbocycles. The van der Waals surface area contributed by atoms with E-state index in [2.05, 4.69) is 26.6 Å². The van der Waals surface area contributed by atoms with Crippen molar-refractivity contribution in [3.05, 3.63) is 58.1 Å². The quantitative estimate of drug-likeness (QED) is 0.855. The van der Waals surface area contributed by atoms with E-state index in [0.717, 1.165) is 21.4 Å². The molecule has 3 nitrogen and oxygen atoms in total. The van der Waals surface area contributed by atoms with Crippen molar-refractivity contribution in [2.45, 2.75) is 26.8 Å². The number of nitrogens with one attached hydrogen (secondary N) is 2. The van der Waals surface area contributed by atoms with E-state index in [1.165, 1.54) is 5.56 Å². The van der Waals surface area contributed by atoms with Crippen LogP contribution in [-0.4, -0.2) is 11.9 Å². The number of hydrogen-bond donors (Lipinski definition) is 2. The van der Waals surface area contributed by atoms with E-state index in [4.69, 9.17) is 0 Å². The normalized spacial score (nSPS) is 11.8. The second-order valence-electron chi connectivity index (χ2n) is 5.18. The summed E-state index contributed by atoms with van der Waals surface area (Å²) in [6, 6.07) is 13.4. The van der Waals surface area contributed by atoms with Gasteiger partial charge in [-0.05, 0) is 50.6 Å². The molecule has 0 aliphatic carbocycles. The summed E-state index contributed by atoms with van der Waals surface area (Å²) in [6.45, 7) is 5.88. The first-order valence-corrected chi connectivity index (χ1v) is 7.65. The summed E-state index contributed by atoms with van der Waals surface area (Å²) in [4.78, 5) is 12.2. The second kappa shape index (κ2) is 6.76. The van der Waals surface area contributed by atoms with Crippen LogP contribution in [0.2, 0.25) is 0 Å². The lowest BCUT2D eigenvalue weighted by atomic mass is 10.1. The minimum Gasteiger partial charge on any atom is -0.374 e. The molecule has 1 atom stereocenters. The SMILES string of the molecule is Cc1ccc(NC(=O)C(C)Nc2cc(Br)ccc2C)cc1. The smallest absolute Gasteiger partial charge is 0.246 e. The molecular weight excluding hydrogens is 328 g/mol. The van der Waals surface area contributed by atoms with Crippen LogP contribution in [0.25, 0.3) is 0 Å². The summed E-state index contributed by atoms with van der Waals surface area (Å²) in [7, 11) is 0. The number of anilines is 2. The van der Waals surface area contributed by atoms with Gasteiger partial charge in [0.1, 0.15) is 6.04 Å². The van der Waals surface area contributed by atoms with Crippen molar-refractivity contribution in [2.24, 2.45) is 0 Å². The molecule has 0 heterocycles. The van der Waals surface area contributed by atoms with E-state index in [1.54, 1.807) is 0 Å². The fourth-order valence-electron chi connectivity index (χ4n) is 1.94. The summed E-state index contributed by atoms with van der Waals surface area (Å²) in [5.41, 5.74) is 4.04. The average Bonchev–Trinajstić information content (AvgIpc) is 2.45. The van der Waals surface area contributed by atoms with Gasteiger partial charge in [0, 0.05) is 15.8 Å². The molecule has 0 spiro atoms. The van der Waals surface area contributed by atoms with Crippen molar-refractivity contribution in [1.29, 1.82) is 0 Å². The molecule has 4 heteroatoms. The molecule has 2 aromatic rings. The first kappa shape index (κ1) is 15.6. The third-order valence-electron chi connectivity index (χ3n) is 3.28. The molecule has 0 aromatic heterocycles. The van der Waals surface area contributed by atoms with Crippen LogP contribution in [0.1, 0.15) is 18.1 Å². The topological polar surface area (TPSA) is 41.1 Å². The minimum atomic E-state index is -0.320. The molecular formula is C17H19BrN2O. The molecule has 0 radical (unpaired) electrons. The molecule has 0 aliphatic rings. The minimum absolute atomic E-state index is 0.0572. The van der Waals surface area contributed by atoms with Crippen molar-refractivity contribution in [2.75, 3.05) is 10.6 Å². The molecule has 110 valence electrons. The van der Waals surface area contributed by atoms with Crippen LogP contribution in [0, 0.1) is 13.8 Å². The Bertz CT molecular complexity index is 638. The van der Waals surface area contributed by atoms with Gasteiger partial charge in [-0.2, -0.15) is 0 Å². The van der Waals surface area contributed by atoms with Crippen molar-refractivity contribution in [3.63, 3.8) is 0 Å². The highest BCUT2D eigenvalue weighted by molar-refractivity contribution is 9.10. The first-order valence-electron chi connectivity index (χ1n) is 6.86. The molecule has 0 saturated carbocycles. The zero-order valence-electron chi connectivity index (χ0n) is 12.4. The maximum absolute atomic E-state index is 12.2. The summed E-state index contributed by atoms with van der Waals surface area (Å²) in [5.74, 6) is -0.0572. The largest absolute Gasteiger partial charge is 0.374 e. The summed E-state index contributed by atoms with van der Waals surface area (Å²) in [5, 5.41) is 6.15. The van der Waals surface area contributed by atoms with Gasteiger partial charge in [0.2, 0.25) is 5.91 Å². The number of aryl methyl sites for hydroxylation is 2. The highest BCUT2D eigenvalue weighted by atomic mass is 79.9. The molecule has 2 N–H and O–H groups in total. The van der Waals surface area contributed by atoms with Gasteiger partial charge in [-0.15, -0.1) is 0 Å². The molecule has 0 fully saturated rings. The van der Waals surface area contributed by atoms with Crippen LogP contribution in [0.4, 0.5) is 11.4 Å². The Morgan fingerprint density at radius 3 is 2.43 bits per heavy atom. The van der Waals surface area contributed by atoms with Crippen molar-refractivity contribution in [1.82, 2.24) is 0 Å². The third kappa shape index (κ3) is 4.33. The Hall–Kier alpha value is -1.81. The van der Waals surface area contributed by atoms with E-state index < -0.39 is 0 Å². The van der Waals surface area contributed by atoms with Crippen LogP contribution >= 0.6 is 15.9 Å². The monoisotopic (exact) mass is 346 g/mol. The van der Waals surface area contributed by atoms with Gasteiger partial charge in [-0.25, -0.2) is 0 Å². The third-order valence-corrected chi connectivity index (χ3v) is 3.78. The standard InChI is InChI=1S/C17H19BrN2O/c1-11-4-8-15(9-5-11)20-17(21)13(3)19-16-10-14(18)7-6-12(16)2/h4-10,13,19H,1-3H3,(H,20,21). The van der Waals surface area contributed by atoms with Crippen LogP contribution in [0.3, 0.4) is 0 Å². The number of carbonyl (C=O) groups is 1. The van der Waals surface area contributed by atoms with E-state index in [-0.39, 0.29) is 11.9 Å². The van der Waals surface area contributed by atoms with Crippen LogP contribution < -0.4 is 10.6 Å². The number of rotatable bonds is 4. The fraction of sp³-hybridized carbons (Fsp3) is 0.235. The Labute approximate surface area is 133 Å². The number of halogens is 1. The lowest BCUT2D eigenvalue weighted by Gasteiger charge is -2.17. The average molecular weight is 347 g/mol. The Kier molecular flexibility index (Phi) is 5.02. The Morgan fingerprint density at radius 1 is 1.10 bits per heavy atom. The van der Waals surface area contributed by atoms with Gasteiger partial charge in [0.25, 0.3) is 0 Å². The van der Waals surface area contributed by atoms with Gasteiger partial charge in [0.05, 0.1) is 0 Å². The van der Waals surface area contributed by atoms with Gasteiger partial charge in [-0.1, -0.05) is 39.7 Å². The maximum atomic E-state index is 12.2. The number of carbonyl (C=O) groups excluding carboxylic acids is 1. The molecule has 2 rings (SSSR count). The van der Waals surface area contributed by atoms with E-state index >= 15 is 0 Å². The zero-order valence-corrected chi connectivity index (χ0v) is 14.0. The Balaban J connectivity index is 2.02. The van der Waals surface area contributed by atoms with Gasteiger partial charge in [-0.3, -0.25) is 4.79 Å². The molecule has 1 amide bonds. The zero-order chi connectivity index (χ0) is 15.4. The summed E-state index contributed by atoms with van der Waals surface area (Å²) >= 11 is 3.44. The summed E-state index contributed by atoms with van der Waals surface area (Å²) in [6.07, 6.45) is 0. The van der Waals surface area contributed by atoms with E-state index in [1.807, 2.05) is 63.2 Å². The van der Waals surface area contributed by atoms with E-state index in [9.17, 15) is 4.79 Å². The Morgan fingerprint density at radius 2 is 1.76 bits per heavy atom. The highest BCUT2D eigenvalue weighted by Gasteiger charge is 2.13. The maximum Gasteiger partial charge on any atom is 0.246 e. The molecule has 0 bridgehead atoms. The number of amides is 1. The molecule has 1 unspecified atom stereocenters. The van der Waals surface area contributed by atoms with Crippen molar-refractivity contribution in [3.8, 4) is 0 Å². The van der Waals surface area contributed by atoms with Crippen molar-refractivity contribution >= 4 is 33.2 Å². The first-order chi connectivity index (χ1) is 9.95. The van der Waals surface area contributed by atoms with Gasteiger partial charge >= 0.3 is 0 Å². The fourth-order valence-corrected chi connectivity index (χ4v) is 2.30. The molecule has 0 saturated heterocycles. The van der Waals surface area contributed by atoms with Crippen molar-refractivity contribution < 1.29 is 4.79 Å². The van der Waals surface area contributed by atoms with Gasteiger partial charge in [0.15, 0.2) is 0 Å². The molecule has 0 aliphatic heterocycles. The lowest BCUT2D eigenvalue weighted by molar-refractivity contribution is -0.116. The van der Waals surface area contributed by atoms with E-state index in [0.29, 0.717) is 0 Å².